The van der Waals surface area contributed by atoms with Crippen molar-refractivity contribution in [2.24, 2.45) is 0 Å². The average Bonchev–Trinajstić information content (AvgIpc) is 3.35. The number of piperazine rings is 1. The van der Waals surface area contributed by atoms with Gasteiger partial charge in [-0.15, -0.1) is 11.3 Å². The largest absolute Gasteiger partial charge is 0.493 e. The summed E-state index contributed by atoms with van der Waals surface area (Å²) in [4.78, 5) is 22.6. The van der Waals surface area contributed by atoms with Gasteiger partial charge in [0.2, 0.25) is 11.7 Å². The first-order chi connectivity index (χ1) is 19.2. The van der Waals surface area contributed by atoms with Crippen molar-refractivity contribution in [2.45, 2.75) is 43.9 Å². The summed E-state index contributed by atoms with van der Waals surface area (Å²) < 4.78 is 18.6. The van der Waals surface area contributed by atoms with Crippen LogP contribution in [0.5, 0.6) is 17.2 Å². The molecule has 0 aliphatic carbocycles. The van der Waals surface area contributed by atoms with Crippen LogP contribution in [0.15, 0.2) is 28.6 Å². The average molecular weight is 587 g/mol. The van der Waals surface area contributed by atoms with Crippen molar-refractivity contribution in [2.75, 3.05) is 71.7 Å². The van der Waals surface area contributed by atoms with E-state index >= 15 is 0 Å². The molecule has 1 fully saturated rings. The van der Waals surface area contributed by atoms with E-state index in [1.54, 1.807) is 44.4 Å². The standard InChI is InChI=1S/C30H42N4O4S2/c1-19(2)21-9-8-10-22(20(3)4)26(21)31-25(35)18-34-13-11-33(12-14-34)15-16-39-30-32-27-24(40-30)17-23(36-5)28(37-6)29(27)38-7/h8-10,17,19-20H,11-16,18H2,1-7H3,(H,31,35). The first-order valence-corrected chi connectivity index (χ1v) is 15.7. The minimum Gasteiger partial charge on any atom is -0.493 e. The summed E-state index contributed by atoms with van der Waals surface area (Å²) in [5.41, 5.74) is 4.20. The number of fused-ring (bicyclic) bond motifs is 1. The fraction of sp³-hybridized carbons (Fsp3) is 0.533. The Morgan fingerprint density at radius 2 is 1.60 bits per heavy atom. The van der Waals surface area contributed by atoms with Crippen LogP contribution >= 0.6 is 23.1 Å². The molecule has 0 spiro atoms. The second-order valence-corrected chi connectivity index (χ2v) is 13.0. The number of aromatic nitrogens is 1. The van der Waals surface area contributed by atoms with Crippen LogP contribution < -0.4 is 19.5 Å². The summed E-state index contributed by atoms with van der Waals surface area (Å²) in [6.45, 7) is 13.8. The van der Waals surface area contributed by atoms with Crippen molar-refractivity contribution in [3.63, 3.8) is 0 Å². The molecule has 1 aliphatic heterocycles. The molecule has 1 aliphatic rings. The predicted octanol–water partition coefficient (Wildman–Crippen LogP) is 5.92. The van der Waals surface area contributed by atoms with Gasteiger partial charge in [0, 0.05) is 50.2 Å². The third kappa shape index (κ3) is 7.02. The Balaban J connectivity index is 1.27. The maximum atomic E-state index is 13.0. The molecule has 0 saturated carbocycles. The number of amides is 1. The number of para-hydroxylation sites is 1. The highest BCUT2D eigenvalue weighted by Gasteiger charge is 2.22. The molecule has 2 aromatic carbocycles. The van der Waals surface area contributed by atoms with Gasteiger partial charge in [0.1, 0.15) is 5.52 Å². The lowest BCUT2D eigenvalue weighted by atomic mass is 9.92. The van der Waals surface area contributed by atoms with E-state index in [2.05, 4.69) is 61.0 Å². The Morgan fingerprint density at radius 3 is 2.17 bits per heavy atom. The number of hydrogen-bond donors (Lipinski definition) is 1. The topological polar surface area (TPSA) is 76.2 Å². The van der Waals surface area contributed by atoms with Gasteiger partial charge in [-0.1, -0.05) is 57.7 Å². The SMILES string of the molecule is COc1cc2sc(SCCN3CCN(CC(=O)Nc4c(C(C)C)cccc4C(C)C)CC3)nc2c(OC)c1OC. The van der Waals surface area contributed by atoms with Gasteiger partial charge in [0.05, 0.1) is 32.6 Å². The summed E-state index contributed by atoms with van der Waals surface area (Å²) in [5.74, 6) is 3.53. The Labute approximate surface area is 246 Å². The maximum Gasteiger partial charge on any atom is 0.238 e. The molecule has 8 nitrogen and oxygen atoms in total. The number of carbonyl (C=O) groups excluding carboxylic acids is 1. The summed E-state index contributed by atoms with van der Waals surface area (Å²) in [7, 11) is 4.86. The minimum absolute atomic E-state index is 0.0681. The molecule has 1 N–H and O–H groups in total. The maximum absolute atomic E-state index is 13.0. The number of thioether (sulfide) groups is 1. The van der Waals surface area contributed by atoms with Gasteiger partial charge < -0.3 is 19.5 Å². The van der Waals surface area contributed by atoms with E-state index in [9.17, 15) is 4.79 Å². The highest BCUT2D eigenvalue weighted by Crippen LogP contribution is 2.46. The number of ether oxygens (including phenoxy) is 3. The number of nitrogens with zero attached hydrogens (tertiary/aromatic N) is 3. The first kappa shape index (κ1) is 30.4. The van der Waals surface area contributed by atoms with Crippen molar-refractivity contribution in [1.82, 2.24) is 14.8 Å². The lowest BCUT2D eigenvalue weighted by Crippen LogP contribution is -2.49. The van der Waals surface area contributed by atoms with Gasteiger partial charge in [-0.3, -0.25) is 14.6 Å². The summed E-state index contributed by atoms with van der Waals surface area (Å²) in [6.07, 6.45) is 0. The second-order valence-electron chi connectivity index (χ2n) is 10.6. The number of methoxy groups -OCH3 is 3. The third-order valence-corrected chi connectivity index (χ3v) is 9.40. The van der Waals surface area contributed by atoms with Gasteiger partial charge in [-0.25, -0.2) is 4.98 Å². The third-order valence-electron chi connectivity index (χ3n) is 7.27. The second kappa shape index (κ2) is 13.9. The highest BCUT2D eigenvalue weighted by atomic mass is 32.2. The molecular formula is C30H42N4O4S2. The molecule has 1 aromatic heterocycles. The van der Waals surface area contributed by atoms with E-state index in [0.717, 1.165) is 58.7 Å². The number of carbonyl (C=O) groups is 1. The van der Waals surface area contributed by atoms with Crippen molar-refractivity contribution in [3.8, 4) is 17.2 Å². The zero-order valence-electron chi connectivity index (χ0n) is 24.7. The highest BCUT2D eigenvalue weighted by molar-refractivity contribution is 8.01. The molecule has 1 saturated heterocycles. The Hall–Kier alpha value is -2.53. The van der Waals surface area contributed by atoms with E-state index < -0.39 is 0 Å². The Kier molecular flexibility index (Phi) is 10.6. The first-order valence-electron chi connectivity index (χ1n) is 13.8. The summed E-state index contributed by atoms with van der Waals surface area (Å²) in [6, 6.07) is 8.31. The number of benzene rings is 2. The van der Waals surface area contributed by atoms with E-state index in [1.807, 2.05) is 6.07 Å². The van der Waals surface area contributed by atoms with Crippen LogP contribution in [0, 0.1) is 0 Å². The smallest absolute Gasteiger partial charge is 0.238 e. The van der Waals surface area contributed by atoms with Gasteiger partial charge in [-0.2, -0.15) is 0 Å². The molecule has 218 valence electrons. The normalized spacial score (nSPS) is 14.7. The van der Waals surface area contributed by atoms with E-state index in [-0.39, 0.29) is 5.91 Å². The van der Waals surface area contributed by atoms with Crippen LogP contribution in [0.25, 0.3) is 10.2 Å². The van der Waals surface area contributed by atoms with Crippen LogP contribution in [0.3, 0.4) is 0 Å². The van der Waals surface area contributed by atoms with Crippen molar-refractivity contribution in [3.05, 3.63) is 35.4 Å². The van der Waals surface area contributed by atoms with Gasteiger partial charge >= 0.3 is 0 Å². The number of thiazole rings is 1. The number of rotatable bonds is 12. The molecule has 3 aromatic rings. The summed E-state index contributed by atoms with van der Waals surface area (Å²) >= 11 is 3.40. The fourth-order valence-corrected chi connectivity index (χ4v) is 7.24. The van der Waals surface area contributed by atoms with Crippen LogP contribution in [0.4, 0.5) is 5.69 Å². The lowest BCUT2D eigenvalue weighted by molar-refractivity contribution is -0.117. The van der Waals surface area contributed by atoms with E-state index in [4.69, 9.17) is 19.2 Å². The van der Waals surface area contributed by atoms with Crippen molar-refractivity contribution in [1.29, 1.82) is 0 Å². The number of nitrogens with one attached hydrogen (secondary N) is 1. The predicted molar refractivity (Wildman–Crippen MR) is 166 cm³/mol. The van der Waals surface area contributed by atoms with Crippen molar-refractivity contribution < 1.29 is 19.0 Å². The Bertz CT molecular complexity index is 1280. The quantitative estimate of drug-likeness (QED) is 0.262. The molecule has 0 atom stereocenters. The molecule has 2 heterocycles. The van der Waals surface area contributed by atoms with Crippen LogP contribution in [-0.2, 0) is 4.79 Å². The molecule has 10 heteroatoms. The van der Waals surface area contributed by atoms with Crippen LogP contribution in [0.1, 0.15) is 50.7 Å². The van der Waals surface area contributed by atoms with Gasteiger partial charge in [-0.05, 0) is 23.0 Å². The molecule has 0 radical (unpaired) electrons. The monoisotopic (exact) mass is 586 g/mol. The van der Waals surface area contributed by atoms with Crippen LogP contribution in [0.2, 0.25) is 0 Å². The Morgan fingerprint density at radius 1 is 0.975 bits per heavy atom. The lowest BCUT2D eigenvalue weighted by Gasteiger charge is -2.34. The number of hydrogen-bond acceptors (Lipinski definition) is 9. The molecule has 1 amide bonds. The minimum atomic E-state index is 0.0681. The van der Waals surface area contributed by atoms with E-state index in [1.165, 1.54) is 11.1 Å². The molecule has 0 unspecified atom stereocenters. The van der Waals surface area contributed by atoms with Crippen LogP contribution in [-0.4, -0.2) is 87.0 Å². The van der Waals surface area contributed by atoms with E-state index in [0.29, 0.717) is 35.6 Å². The van der Waals surface area contributed by atoms with Gasteiger partial charge in [0.25, 0.3) is 0 Å². The fourth-order valence-electron chi connectivity index (χ4n) is 5.08. The molecular weight excluding hydrogens is 544 g/mol. The zero-order chi connectivity index (χ0) is 28.8. The molecule has 40 heavy (non-hydrogen) atoms. The van der Waals surface area contributed by atoms with Crippen molar-refractivity contribution >= 4 is 44.9 Å². The zero-order valence-corrected chi connectivity index (χ0v) is 26.3. The number of anilines is 1. The summed E-state index contributed by atoms with van der Waals surface area (Å²) in [5, 5.41) is 3.26. The molecule has 0 bridgehead atoms. The molecule has 4 rings (SSSR count). The van der Waals surface area contributed by atoms with Gasteiger partial charge in [0.15, 0.2) is 15.8 Å².